The summed E-state index contributed by atoms with van der Waals surface area (Å²) in [6.07, 6.45) is 5.40. The minimum absolute atomic E-state index is 0.163. The predicted molar refractivity (Wildman–Crippen MR) is 78.0 cm³/mol. The molecular formula is C13H17N3S. The van der Waals surface area contributed by atoms with Gasteiger partial charge in [0, 0.05) is 6.21 Å². The average Bonchev–Trinajstić information content (AvgIpc) is 2.29. The molecule has 1 rings (SSSR count). The van der Waals surface area contributed by atoms with Crippen LogP contribution in [0.15, 0.2) is 35.4 Å². The maximum Gasteiger partial charge on any atom is 0.184 e. The second kappa shape index (κ2) is 6.81. The van der Waals surface area contributed by atoms with Gasteiger partial charge in [-0.05, 0) is 35.3 Å². The van der Waals surface area contributed by atoms with E-state index in [1.54, 1.807) is 6.21 Å². The number of nitrogens with one attached hydrogen (secondary N) is 1. The number of nitrogens with two attached hydrogens (primary N) is 1. The monoisotopic (exact) mass is 247 g/mol. The highest BCUT2D eigenvalue weighted by Gasteiger charge is 1.96. The zero-order chi connectivity index (χ0) is 12.7. The molecule has 0 saturated carbocycles. The Kier molecular flexibility index (Phi) is 5.36. The molecule has 0 bridgehead atoms. The van der Waals surface area contributed by atoms with Crippen molar-refractivity contribution >= 4 is 29.6 Å². The van der Waals surface area contributed by atoms with E-state index in [9.17, 15) is 0 Å². The molecule has 1 aromatic rings. The van der Waals surface area contributed by atoms with Gasteiger partial charge in [0.15, 0.2) is 5.11 Å². The summed E-state index contributed by atoms with van der Waals surface area (Å²) in [7, 11) is 0. The molecule has 90 valence electrons. The van der Waals surface area contributed by atoms with Crippen LogP contribution >= 0.6 is 12.2 Å². The van der Waals surface area contributed by atoms with Crippen LogP contribution in [0.2, 0.25) is 0 Å². The van der Waals surface area contributed by atoms with Gasteiger partial charge in [-0.3, -0.25) is 5.43 Å². The number of allylic oxidation sites excluding steroid dienone is 1. The molecule has 0 fully saturated rings. The SMILES string of the molecule is CC(C)c1ccc(C=CC=NNC(N)=S)cc1. The number of hydrazone groups is 1. The van der Waals surface area contributed by atoms with Crippen LogP contribution < -0.4 is 11.2 Å². The summed E-state index contributed by atoms with van der Waals surface area (Å²) in [4.78, 5) is 0. The lowest BCUT2D eigenvalue weighted by atomic mass is 10.0. The number of rotatable bonds is 4. The van der Waals surface area contributed by atoms with E-state index in [2.05, 4.69) is 60.9 Å². The third-order valence-electron chi connectivity index (χ3n) is 2.23. The van der Waals surface area contributed by atoms with Crippen molar-refractivity contribution in [1.29, 1.82) is 0 Å². The van der Waals surface area contributed by atoms with Crippen LogP contribution in [-0.4, -0.2) is 11.3 Å². The molecule has 0 aliphatic rings. The molecule has 0 atom stereocenters. The van der Waals surface area contributed by atoms with Crippen LogP contribution in [0, 0.1) is 0 Å². The Bertz CT molecular complexity index is 419. The lowest BCUT2D eigenvalue weighted by Gasteiger charge is -2.04. The fourth-order valence-corrected chi connectivity index (χ4v) is 1.34. The van der Waals surface area contributed by atoms with E-state index in [4.69, 9.17) is 5.73 Å². The van der Waals surface area contributed by atoms with E-state index in [0.717, 1.165) is 5.56 Å². The first-order valence-corrected chi connectivity index (χ1v) is 5.85. The Hall–Kier alpha value is -1.68. The van der Waals surface area contributed by atoms with Gasteiger partial charge in [-0.1, -0.05) is 44.2 Å². The lowest BCUT2D eigenvalue weighted by molar-refractivity contribution is 0.866. The van der Waals surface area contributed by atoms with Gasteiger partial charge in [0.1, 0.15) is 0 Å². The van der Waals surface area contributed by atoms with E-state index >= 15 is 0 Å². The van der Waals surface area contributed by atoms with Gasteiger partial charge in [-0.25, -0.2) is 0 Å². The Morgan fingerprint density at radius 1 is 1.35 bits per heavy atom. The van der Waals surface area contributed by atoms with Gasteiger partial charge in [0.2, 0.25) is 0 Å². The number of thiocarbonyl (C=S) groups is 1. The molecule has 0 unspecified atom stereocenters. The third kappa shape index (κ3) is 5.26. The molecule has 0 spiro atoms. The molecule has 1 aromatic carbocycles. The molecule has 3 nitrogen and oxygen atoms in total. The van der Waals surface area contributed by atoms with Crippen LogP contribution in [-0.2, 0) is 0 Å². The molecule has 4 heteroatoms. The molecule has 0 aliphatic heterocycles. The second-order valence-electron chi connectivity index (χ2n) is 3.93. The number of benzene rings is 1. The second-order valence-corrected chi connectivity index (χ2v) is 4.37. The molecule has 17 heavy (non-hydrogen) atoms. The molecule has 0 aliphatic carbocycles. The van der Waals surface area contributed by atoms with E-state index < -0.39 is 0 Å². The normalized spacial score (nSPS) is 11.5. The Morgan fingerprint density at radius 3 is 2.53 bits per heavy atom. The van der Waals surface area contributed by atoms with Crippen molar-refractivity contribution in [3.8, 4) is 0 Å². The minimum Gasteiger partial charge on any atom is -0.375 e. The van der Waals surface area contributed by atoms with E-state index in [1.807, 2.05) is 12.2 Å². The van der Waals surface area contributed by atoms with Crippen LogP contribution in [0.5, 0.6) is 0 Å². The van der Waals surface area contributed by atoms with E-state index in [0.29, 0.717) is 5.92 Å². The van der Waals surface area contributed by atoms with Crippen LogP contribution in [0.1, 0.15) is 30.9 Å². The maximum atomic E-state index is 5.21. The third-order valence-corrected chi connectivity index (χ3v) is 2.32. The van der Waals surface area contributed by atoms with Gasteiger partial charge >= 0.3 is 0 Å². The Labute approximate surface area is 107 Å². The zero-order valence-corrected chi connectivity index (χ0v) is 10.9. The van der Waals surface area contributed by atoms with Crippen molar-refractivity contribution in [3.63, 3.8) is 0 Å². The number of hydrogen-bond acceptors (Lipinski definition) is 2. The lowest BCUT2D eigenvalue weighted by Crippen LogP contribution is -2.23. The van der Waals surface area contributed by atoms with Gasteiger partial charge in [0.05, 0.1) is 0 Å². The fraction of sp³-hybridized carbons (Fsp3) is 0.231. The van der Waals surface area contributed by atoms with Crippen LogP contribution in [0.4, 0.5) is 0 Å². The first-order chi connectivity index (χ1) is 8.09. The van der Waals surface area contributed by atoms with Crippen LogP contribution in [0.3, 0.4) is 0 Å². The standard InChI is InChI=1S/C13H17N3S/c1-10(2)12-7-5-11(6-8-12)4-3-9-15-16-13(14)17/h3-10H,1-2H3,(H3,14,16,17). The molecule has 0 amide bonds. The van der Waals surface area contributed by atoms with Gasteiger partial charge in [-0.2, -0.15) is 5.10 Å². The highest BCUT2D eigenvalue weighted by molar-refractivity contribution is 7.80. The molecule has 0 heterocycles. The van der Waals surface area contributed by atoms with E-state index in [-0.39, 0.29) is 5.11 Å². The smallest absolute Gasteiger partial charge is 0.184 e. The first-order valence-electron chi connectivity index (χ1n) is 5.44. The summed E-state index contributed by atoms with van der Waals surface area (Å²) in [5, 5.41) is 3.97. The summed E-state index contributed by atoms with van der Waals surface area (Å²) in [6, 6.07) is 8.44. The molecule has 0 saturated heterocycles. The first kappa shape index (κ1) is 13.4. The zero-order valence-electron chi connectivity index (χ0n) is 10.1. The summed E-state index contributed by atoms with van der Waals surface area (Å²) in [5.41, 5.74) is 10.2. The Balaban J connectivity index is 2.54. The topological polar surface area (TPSA) is 50.4 Å². The quantitative estimate of drug-likeness (QED) is 0.488. The predicted octanol–water partition coefficient (Wildman–Crippen LogP) is 2.64. The van der Waals surface area contributed by atoms with E-state index in [1.165, 1.54) is 5.56 Å². The summed E-state index contributed by atoms with van der Waals surface area (Å²) >= 11 is 4.61. The molecule has 0 radical (unpaired) electrons. The average molecular weight is 247 g/mol. The summed E-state index contributed by atoms with van der Waals surface area (Å²) < 4.78 is 0. The highest BCUT2D eigenvalue weighted by atomic mass is 32.1. The molecule has 3 N–H and O–H groups in total. The highest BCUT2D eigenvalue weighted by Crippen LogP contribution is 2.15. The maximum absolute atomic E-state index is 5.21. The van der Waals surface area contributed by atoms with Crippen molar-refractivity contribution in [1.82, 2.24) is 5.43 Å². The van der Waals surface area contributed by atoms with Crippen molar-refractivity contribution in [2.24, 2.45) is 10.8 Å². The Morgan fingerprint density at radius 2 is 2.00 bits per heavy atom. The van der Waals surface area contributed by atoms with Gasteiger partial charge in [0.25, 0.3) is 0 Å². The number of hydrogen-bond donors (Lipinski definition) is 2. The fourth-order valence-electron chi connectivity index (χ4n) is 1.29. The van der Waals surface area contributed by atoms with Crippen molar-refractivity contribution in [2.75, 3.05) is 0 Å². The minimum atomic E-state index is 0.163. The molecular weight excluding hydrogens is 230 g/mol. The summed E-state index contributed by atoms with van der Waals surface area (Å²) in [6.45, 7) is 4.36. The largest absolute Gasteiger partial charge is 0.375 e. The van der Waals surface area contributed by atoms with Crippen LogP contribution in [0.25, 0.3) is 6.08 Å². The molecule has 0 aromatic heterocycles. The van der Waals surface area contributed by atoms with Gasteiger partial charge < -0.3 is 5.73 Å². The van der Waals surface area contributed by atoms with Crippen molar-refractivity contribution in [2.45, 2.75) is 19.8 Å². The van der Waals surface area contributed by atoms with Crippen molar-refractivity contribution in [3.05, 3.63) is 41.5 Å². The summed E-state index contributed by atoms with van der Waals surface area (Å²) in [5.74, 6) is 0.560. The van der Waals surface area contributed by atoms with Crippen molar-refractivity contribution < 1.29 is 0 Å². The number of nitrogens with zero attached hydrogens (tertiary/aromatic N) is 1. The van der Waals surface area contributed by atoms with Gasteiger partial charge in [-0.15, -0.1) is 0 Å².